The van der Waals surface area contributed by atoms with Gasteiger partial charge in [-0.05, 0) is 44.1 Å². The fraction of sp³-hybridized carbons (Fsp3) is 0.640. The molecule has 1 saturated heterocycles. The molecule has 1 heterocycles. The predicted octanol–water partition coefficient (Wildman–Crippen LogP) is 4.03. The molecule has 2 saturated carbocycles. The summed E-state index contributed by atoms with van der Waals surface area (Å²) in [6.45, 7) is -0.125. The highest BCUT2D eigenvalue weighted by Crippen LogP contribution is 2.30. The molecule has 0 aromatic heterocycles. The topological polar surface area (TPSA) is 69.7 Å². The fourth-order valence-corrected chi connectivity index (χ4v) is 5.52. The average Bonchev–Trinajstić information content (AvgIpc) is 3.07. The van der Waals surface area contributed by atoms with Gasteiger partial charge >= 0.3 is 6.03 Å². The van der Waals surface area contributed by atoms with Crippen LogP contribution < -0.4 is 5.32 Å². The molecule has 0 spiro atoms. The van der Waals surface area contributed by atoms with Crippen molar-refractivity contribution in [2.45, 2.75) is 95.2 Å². The minimum absolute atomic E-state index is 0.0500. The summed E-state index contributed by atoms with van der Waals surface area (Å²) < 4.78 is 0. The monoisotopic (exact) mass is 425 g/mol. The van der Waals surface area contributed by atoms with Crippen LogP contribution in [0.15, 0.2) is 30.3 Å². The van der Waals surface area contributed by atoms with E-state index in [0.717, 1.165) is 68.3 Å². The quantitative estimate of drug-likeness (QED) is 0.671. The van der Waals surface area contributed by atoms with Gasteiger partial charge in [0.25, 0.3) is 5.91 Å². The van der Waals surface area contributed by atoms with Gasteiger partial charge in [-0.15, -0.1) is 0 Å². The van der Waals surface area contributed by atoms with Crippen molar-refractivity contribution in [1.29, 1.82) is 0 Å². The Balaban J connectivity index is 1.40. The molecule has 1 aliphatic heterocycles. The molecule has 0 bridgehead atoms. The van der Waals surface area contributed by atoms with Gasteiger partial charge in [-0.2, -0.15) is 0 Å². The Morgan fingerprint density at radius 2 is 1.48 bits per heavy atom. The lowest BCUT2D eigenvalue weighted by Gasteiger charge is -2.42. The highest BCUT2D eigenvalue weighted by atomic mass is 16.2. The maximum absolute atomic E-state index is 13.4. The van der Waals surface area contributed by atoms with Crippen LogP contribution in [0.25, 0.3) is 0 Å². The van der Waals surface area contributed by atoms with E-state index in [1.54, 1.807) is 0 Å². The van der Waals surface area contributed by atoms with E-state index in [4.69, 9.17) is 0 Å². The molecule has 4 rings (SSSR count). The van der Waals surface area contributed by atoms with Crippen molar-refractivity contribution in [3.05, 3.63) is 35.9 Å². The summed E-state index contributed by atoms with van der Waals surface area (Å²) >= 11 is 0. The summed E-state index contributed by atoms with van der Waals surface area (Å²) in [5, 5.41) is 2.79. The van der Waals surface area contributed by atoms with E-state index in [1.807, 2.05) is 30.3 Å². The van der Waals surface area contributed by atoms with E-state index in [0.29, 0.717) is 6.42 Å². The van der Waals surface area contributed by atoms with E-state index in [-0.39, 0.29) is 30.4 Å². The molecular formula is C25H35N3O3. The van der Waals surface area contributed by atoms with Crippen LogP contribution in [0.3, 0.4) is 0 Å². The summed E-state index contributed by atoms with van der Waals surface area (Å²) in [7, 11) is 0. The lowest BCUT2D eigenvalue weighted by Crippen LogP contribution is -2.52. The Morgan fingerprint density at radius 3 is 2.06 bits per heavy atom. The lowest BCUT2D eigenvalue weighted by molar-refractivity contribution is -0.142. The maximum Gasteiger partial charge on any atom is 0.325 e. The highest BCUT2D eigenvalue weighted by molar-refractivity contribution is 6.06. The lowest BCUT2D eigenvalue weighted by atomic mass is 9.88. The van der Waals surface area contributed by atoms with Crippen molar-refractivity contribution in [3.8, 4) is 0 Å². The van der Waals surface area contributed by atoms with Gasteiger partial charge in [0.05, 0.1) is 0 Å². The normalized spacial score (nSPS) is 23.1. The summed E-state index contributed by atoms with van der Waals surface area (Å²) in [5.41, 5.74) is 1.14. The number of imide groups is 1. The van der Waals surface area contributed by atoms with Gasteiger partial charge < -0.3 is 10.2 Å². The van der Waals surface area contributed by atoms with Crippen LogP contribution in [-0.2, 0) is 16.0 Å². The number of hydrogen-bond donors (Lipinski definition) is 1. The number of aryl methyl sites for hydroxylation is 1. The molecule has 0 radical (unpaired) electrons. The van der Waals surface area contributed by atoms with Crippen molar-refractivity contribution < 1.29 is 14.4 Å². The van der Waals surface area contributed by atoms with E-state index in [1.165, 1.54) is 12.8 Å². The number of nitrogens with one attached hydrogen (secondary N) is 1. The largest absolute Gasteiger partial charge is 0.335 e. The Hall–Kier alpha value is -2.37. The predicted molar refractivity (Wildman–Crippen MR) is 119 cm³/mol. The summed E-state index contributed by atoms with van der Waals surface area (Å²) in [6.07, 6.45) is 12.5. The first kappa shape index (κ1) is 21.8. The Kier molecular flexibility index (Phi) is 7.25. The number of carbonyl (C=O) groups is 3. The molecule has 1 atom stereocenters. The van der Waals surface area contributed by atoms with E-state index >= 15 is 0 Å². The van der Waals surface area contributed by atoms with Crippen molar-refractivity contribution in [3.63, 3.8) is 0 Å². The molecule has 1 N–H and O–H groups in total. The molecule has 6 nitrogen and oxygen atoms in total. The number of benzene rings is 1. The fourth-order valence-electron chi connectivity index (χ4n) is 5.52. The van der Waals surface area contributed by atoms with Gasteiger partial charge in [-0.25, -0.2) is 4.79 Å². The van der Waals surface area contributed by atoms with E-state index < -0.39 is 12.1 Å². The van der Waals surface area contributed by atoms with Crippen LogP contribution >= 0.6 is 0 Å². The number of rotatable bonds is 7. The first-order valence-electron chi connectivity index (χ1n) is 12.1. The zero-order valence-corrected chi connectivity index (χ0v) is 18.4. The molecule has 1 aromatic carbocycles. The van der Waals surface area contributed by atoms with Crippen molar-refractivity contribution in [1.82, 2.24) is 15.1 Å². The number of hydrogen-bond acceptors (Lipinski definition) is 3. The Bertz CT molecular complexity index is 751. The van der Waals surface area contributed by atoms with Gasteiger partial charge in [0.15, 0.2) is 0 Å². The Labute approximate surface area is 185 Å². The minimum Gasteiger partial charge on any atom is -0.335 e. The summed E-state index contributed by atoms with van der Waals surface area (Å²) in [5.74, 6) is -0.312. The second-order valence-electron chi connectivity index (χ2n) is 9.34. The highest BCUT2D eigenvalue weighted by Gasteiger charge is 2.41. The van der Waals surface area contributed by atoms with Crippen LogP contribution in [0.5, 0.6) is 0 Å². The van der Waals surface area contributed by atoms with Crippen LogP contribution in [0, 0.1) is 0 Å². The van der Waals surface area contributed by atoms with Crippen LogP contribution in [0.2, 0.25) is 0 Å². The van der Waals surface area contributed by atoms with Gasteiger partial charge in [-0.1, -0.05) is 68.9 Å². The first-order chi connectivity index (χ1) is 15.1. The Morgan fingerprint density at radius 1 is 0.903 bits per heavy atom. The van der Waals surface area contributed by atoms with E-state index in [9.17, 15) is 14.4 Å². The second-order valence-corrected chi connectivity index (χ2v) is 9.34. The number of urea groups is 1. The minimum atomic E-state index is -0.543. The molecule has 3 fully saturated rings. The third-order valence-corrected chi connectivity index (χ3v) is 7.19. The number of amides is 4. The molecule has 1 aromatic rings. The molecule has 6 heteroatoms. The van der Waals surface area contributed by atoms with Crippen molar-refractivity contribution in [2.24, 2.45) is 0 Å². The molecule has 4 amide bonds. The van der Waals surface area contributed by atoms with Gasteiger partial charge in [-0.3, -0.25) is 14.5 Å². The van der Waals surface area contributed by atoms with Gasteiger partial charge in [0.2, 0.25) is 5.91 Å². The van der Waals surface area contributed by atoms with Gasteiger partial charge in [0.1, 0.15) is 12.6 Å². The first-order valence-corrected chi connectivity index (χ1v) is 12.1. The standard InChI is InChI=1S/C25H35N3O3/c29-23(28(20-12-6-2-7-13-20)21-14-8-3-9-15-21)18-27-24(30)22(26-25(27)31)17-16-19-10-4-1-5-11-19/h1,4-5,10-11,20-22H,2-3,6-9,12-18H2,(H,26,31). The number of carbonyl (C=O) groups excluding carboxylic acids is 3. The molecule has 3 aliphatic rings. The zero-order valence-electron chi connectivity index (χ0n) is 18.4. The molecule has 168 valence electrons. The third-order valence-electron chi connectivity index (χ3n) is 7.19. The van der Waals surface area contributed by atoms with E-state index in [2.05, 4.69) is 10.2 Å². The smallest absolute Gasteiger partial charge is 0.325 e. The molecular weight excluding hydrogens is 390 g/mol. The molecule has 2 aliphatic carbocycles. The third kappa shape index (κ3) is 5.28. The second kappa shape index (κ2) is 10.3. The average molecular weight is 426 g/mol. The molecule has 1 unspecified atom stereocenters. The van der Waals surface area contributed by atoms with Crippen LogP contribution in [-0.4, -0.2) is 52.3 Å². The van der Waals surface area contributed by atoms with Crippen LogP contribution in [0.4, 0.5) is 4.79 Å². The summed E-state index contributed by atoms with van der Waals surface area (Å²) in [4.78, 5) is 42.1. The summed E-state index contributed by atoms with van der Waals surface area (Å²) in [6, 6.07) is 9.51. The van der Waals surface area contributed by atoms with Crippen molar-refractivity contribution in [2.75, 3.05) is 6.54 Å². The molecule has 31 heavy (non-hydrogen) atoms. The maximum atomic E-state index is 13.4. The number of nitrogens with zero attached hydrogens (tertiary/aromatic N) is 2. The van der Waals surface area contributed by atoms with Crippen LogP contribution in [0.1, 0.15) is 76.2 Å². The van der Waals surface area contributed by atoms with Crippen molar-refractivity contribution >= 4 is 17.8 Å². The zero-order chi connectivity index (χ0) is 21.6. The van der Waals surface area contributed by atoms with Gasteiger partial charge in [0, 0.05) is 12.1 Å². The SMILES string of the molecule is O=C1NC(CCc2ccccc2)C(=O)N1CC(=O)N(C1CCCCC1)C1CCCCC1.